The van der Waals surface area contributed by atoms with Crippen molar-refractivity contribution in [1.82, 2.24) is 4.57 Å². The molecule has 1 heterocycles. The molecule has 0 amide bonds. The Hall–Kier alpha value is -2.69. The Morgan fingerprint density at radius 3 is 2.50 bits per heavy atom. The molecule has 0 saturated heterocycles. The van der Waals surface area contributed by atoms with E-state index in [1.807, 2.05) is 12.1 Å². The molecule has 22 heavy (non-hydrogen) atoms. The van der Waals surface area contributed by atoms with E-state index < -0.39 is 17.6 Å². The molecule has 0 fully saturated rings. The third-order valence-electron chi connectivity index (χ3n) is 3.58. The van der Waals surface area contributed by atoms with Gasteiger partial charge >= 0.3 is 5.97 Å². The molecule has 1 N–H and O–H groups in total. The molecule has 3 rings (SSSR count). The van der Waals surface area contributed by atoms with Crippen LogP contribution in [0.2, 0.25) is 0 Å². The standard InChI is InChI=1S/C17H13F2NO2/c18-14-2-1-3-15(19)13(14)10-20-7-6-12-5-4-11(8-16(12)20)9-17(21)22/h1-8H,9-10H2,(H,21,22). The summed E-state index contributed by atoms with van der Waals surface area (Å²) in [6.45, 7) is 0.0541. The maximum absolute atomic E-state index is 13.8. The van der Waals surface area contributed by atoms with Crippen molar-refractivity contribution >= 4 is 16.9 Å². The fourth-order valence-corrected chi connectivity index (χ4v) is 2.51. The molecule has 1 aromatic heterocycles. The summed E-state index contributed by atoms with van der Waals surface area (Å²) in [6, 6.07) is 10.9. The number of hydrogen-bond donors (Lipinski definition) is 1. The van der Waals surface area contributed by atoms with Gasteiger partial charge in [0.25, 0.3) is 0 Å². The summed E-state index contributed by atoms with van der Waals surface area (Å²) in [7, 11) is 0. The number of fused-ring (bicyclic) bond motifs is 1. The van der Waals surface area contributed by atoms with Gasteiger partial charge in [0.2, 0.25) is 0 Å². The van der Waals surface area contributed by atoms with Crippen molar-refractivity contribution in [3.63, 3.8) is 0 Å². The van der Waals surface area contributed by atoms with Gasteiger partial charge in [0, 0.05) is 17.3 Å². The minimum atomic E-state index is -0.919. The number of carboxylic acids is 1. The second kappa shape index (κ2) is 5.60. The number of aromatic nitrogens is 1. The number of hydrogen-bond acceptors (Lipinski definition) is 1. The van der Waals surface area contributed by atoms with Crippen LogP contribution < -0.4 is 0 Å². The van der Waals surface area contributed by atoms with Crippen LogP contribution in [0.1, 0.15) is 11.1 Å². The van der Waals surface area contributed by atoms with Gasteiger partial charge in [-0.05, 0) is 35.2 Å². The number of benzene rings is 2. The molecule has 3 nitrogen and oxygen atoms in total. The fourth-order valence-electron chi connectivity index (χ4n) is 2.51. The summed E-state index contributed by atoms with van der Waals surface area (Å²) >= 11 is 0. The van der Waals surface area contributed by atoms with E-state index in [1.165, 1.54) is 18.2 Å². The summed E-state index contributed by atoms with van der Waals surface area (Å²) < 4.78 is 29.2. The van der Waals surface area contributed by atoms with Crippen molar-refractivity contribution in [3.8, 4) is 0 Å². The predicted octanol–water partition coefficient (Wildman–Crippen LogP) is 3.59. The summed E-state index contributed by atoms with van der Waals surface area (Å²) in [6.07, 6.45) is 1.65. The topological polar surface area (TPSA) is 42.2 Å². The molecule has 0 radical (unpaired) electrons. The van der Waals surface area contributed by atoms with Crippen LogP contribution in [0.4, 0.5) is 8.78 Å². The first kappa shape index (κ1) is 14.3. The normalized spacial score (nSPS) is 11.0. The van der Waals surface area contributed by atoms with E-state index in [2.05, 4.69) is 0 Å². The van der Waals surface area contributed by atoms with Gasteiger partial charge in [0.1, 0.15) is 11.6 Å². The summed E-state index contributed by atoms with van der Waals surface area (Å²) in [4.78, 5) is 10.8. The quantitative estimate of drug-likeness (QED) is 0.800. The average Bonchev–Trinajstić information content (AvgIpc) is 2.85. The molecule has 0 saturated carbocycles. The van der Waals surface area contributed by atoms with Crippen molar-refractivity contribution < 1.29 is 18.7 Å². The first-order valence-corrected chi connectivity index (χ1v) is 6.77. The Bertz CT molecular complexity index is 835. The maximum atomic E-state index is 13.8. The van der Waals surface area contributed by atoms with Gasteiger partial charge in [0.05, 0.1) is 13.0 Å². The summed E-state index contributed by atoms with van der Waals surface area (Å²) in [5.41, 5.74) is 1.39. The molecule has 0 aliphatic heterocycles. The highest BCUT2D eigenvalue weighted by Crippen LogP contribution is 2.21. The van der Waals surface area contributed by atoms with Crippen LogP contribution in [0.15, 0.2) is 48.7 Å². The molecular weight excluding hydrogens is 288 g/mol. The van der Waals surface area contributed by atoms with Crippen LogP contribution in [-0.4, -0.2) is 15.6 Å². The molecule has 0 spiro atoms. The van der Waals surface area contributed by atoms with Gasteiger partial charge in [-0.15, -0.1) is 0 Å². The van der Waals surface area contributed by atoms with Crippen LogP contribution in [0.3, 0.4) is 0 Å². The van der Waals surface area contributed by atoms with Crippen LogP contribution in [0.5, 0.6) is 0 Å². The number of carbonyl (C=O) groups is 1. The molecule has 0 aliphatic carbocycles. The molecule has 0 bridgehead atoms. The highest BCUT2D eigenvalue weighted by Gasteiger charge is 2.11. The molecule has 5 heteroatoms. The number of carboxylic acid groups (broad SMARTS) is 1. The molecule has 112 valence electrons. The summed E-state index contributed by atoms with van der Waals surface area (Å²) in [5, 5.41) is 9.76. The minimum Gasteiger partial charge on any atom is -0.481 e. The Balaban J connectivity index is 2.02. The van der Waals surface area contributed by atoms with Crippen molar-refractivity contribution in [3.05, 3.63) is 71.4 Å². The summed E-state index contributed by atoms with van der Waals surface area (Å²) in [5.74, 6) is -2.11. The molecule has 0 unspecified atom stereocenters. The van der Waals surface area contributed by atoms with Gasteiger partial charge in [-0.25, -0.2) is 8.78 Å². The van der Waals surface area contributed by atoms with Crippen molar-refractivity contribution in [2.24, 2.45) is 0 Å². The number of nitrogens with zero attached hydrogens (tertiary/aromatic N) is 1. The van der Waals surface area contributed by atoms with Gasteiger partial charge in [-0.2, -0.15) is 0 Å². The Morgan fingerprint density at radius 1 is 1.09 bits per heavy atom. The smallest absolute Gasteiger partial charge is 0.307 e. The average molecular weight is 301 g/mol. The van der Waals surface area contributed by atoms with Gasteiger partial charge in [0.15, 0.2) is 0 Å². The number of aliphatic carboxylic acids is 1. The third-order valence-corrected chi connectivity index (χ3v) is 3.58. The van der Waals surface area contributed by atoms with E-state index >= 15 is 0 Å². The Kier molecular flexibility index (Phi) is 3.63. The molecular formula is C17H13F2NO2. The number of halogens is 2. The zero-order valence-corrected chi connectivity index (χ0v) is 11.6. The van der Waals surface area contributed by atoms with E-state index in [0.717, 1.165) is 10.9 Å². The van der Waals surface area contributed by atoms with Crippen LogP contribution in [0.25, 0.3) is 10.9 Å². The van der Waals surface area contributed by atoms with Gasteiger partial charge < -0.3 is 9.67 Å². The molecule has 0 aliphatic rings. The van der Waals surface area contributed by atoms with Crippen molar-refractivity contribution in [1.29, 1.82) is 0 Å². The first-order valence-electron chi connectivity index (χ1n) is 6.77. The zero-order chi connectivity index (χ0) is 15.7. The number of rotatable bonds is 4. The highest BCUT2D eigenvalue weighted by atomic mass is 19.1. The largest absolute Gasteiger partial charge is 0.481 e. The fraction of sp³-hybridized carbons (Fsp3) is 0.118. The monoisotopic (exact) mass is 301 g/mol. The van der Waals surface area contributed by atoms with Gasteiger partial charge in [-0.3, -0.25) is 4.79 Å². The van der Waals surface area contributed by atoms with Crippen LogP contribution in [-0.2, 0) is 17.8 Å². The van der Waals surface area contributed by atoms with Crippen molar-refractivity contribution in [2.75, 3.05) is 0 Å². The lowest BCUT2D eigenvalue weighted by molar-refractivity contribution is -0.136. The third kappa shape index (κ3) is 2.70. The Morgan fingerprint density at radius 2 is 1.82 bits per heavy atom. The lowest BCUT2D eigenvalue weighted by Crippen LogP contribution is -2.04. The second-order valence-electron chi connectivity index (χ2n) is 5.11. The molecule has 2 aromatic carbocycles. The van der Waals surface area contributed by atoms with E-state index in [-0.39, 0.29) is 18.5 Å². The van der Waals surface area contributed by atoms with E-state index in [4.69, 9.17) is 5.11 Å². The SMILES string of the molecule is O=C(O)Cc1ccc2ccn(Cc3c(F)cccc3F)c2c1. The predicted molar refractivity (Wildman–Crippen MR) is 78.7 cm³/mol. The van der Waals surface area contributed by atoms with Crippen LogP contribution in [0, 0.1) is 11.6 Å². The lowest BCUT2D eigenvalue weighted by atomic mass is 10.1. The van der Waals surface area contributed by atoms with E-state index in [1.54, 1.807) is 22.9 Å². The highest BCUT2D eigenvalue weighted by molar-refractivity contribution is 5.82. The second-order valence-corrected chi connectivity index (χ2v) is 5.11. The van der Waals surface area contributed by atoms with Crippen LogP contribution >= 0.6 is 0 Å². The van der Waals surface area contributed by atoms with E-state index in [0.29, 0.717) is 5.56 Å². The van der Waals surface area contributed by atoms with Crippen molar-refractivity contribution in [2.45, 2.75) is 13.0 Å². The molecule has 3 aromatic rings. The Labute approximate surface area is 125 Å². The zero-order valence-electron chi connectivity index (χ0n) is 11.6. The minimum absolute atomic E-state index is 0.0105. The maximum Gasteiger partial charge on any atom is 0.307 e. The lowest BCUT2D eigenvalue weighted by Gasteiger charge is -2.09. The van der Waals surface area contributed by atoms with Gasteiger partial charge in [-0.1, -0.05) is 18.2 Å². The van der Waals surface area contributed by atoms with E-state index in [9.17, 15) is 13.6 Å². The first-order chi connectivity index (χ1) is 10.5. The molecule has 0 atom stereocenters.